The lowest BCUT2D eigenvalue weighted by molar-refractivity contribution is -0.145. The molecule has 1 N–H and O–H groups in total. The number of carbonyl (C=O) groups excluding carboxylic acids is 1. The third-order valence-electron chi connectivity index (χ3n) is 5.12. The summed E-state index contributed by atoms with van der Waals surface area (Å²) in [6.07, 6.45) is 4.49. The number of nitrogens with one attached hydrogen (secondary N) is 1. The van der Waals surface area contributed by atoms with Crippen LogP contribution in [-0.4, -0.2) is 45.0 Å². The van der Waals surface area contributed by atoms with E-state index in [0.717, 1.165) is 29.9 Å². The van der Waals surface area contributed by atoms with E-state index in [1.807, 2.05) is 22.8 Å². The van der Waals surface area contributed by atoms with Gasteiger partial charge in [-0.1, -0.05) is 6.07 Å². The summed E-state index contributed by atoms with van der Waals surface area (Å²) in [5.74, 6) is 1.84. The minimum Gasteiger partial charge on any atom is -0.463 e. The van der Waals surface area contributed by atoms with Crippen LogP contribution in [0.2, 0.25) is 0 Å². The summed E-state index contributed by atoms with van der Waals surface area (Å²) in [6.45, 7) is 2.46. The van der Waals surface area contributed by atoms with Crippen molar-refractivity contribution in [3.63, 3.8) is 0 Å². The molecule has 0 radical (unpaired) electrons. The van der Waals surface area contributed by atoms with Gasteiger partial charge < -0.3 is 24.3 Å². The number of nitrogens with zero attached hydrogens (tertiary/aromatic N) is 4. The highest BCUT2D eigenvalue weighted by molar-refractivity contribution is 5.82. The average molecular weight is 411 g/mol. The summed E-state index contributed by atoms with van der Waals surface area (Å²) in [6, 6.07) is 5.82. The molecule has 1 fully saturated rings. The van der Waals surface area contributed by atoms with E-state index in [0.29, 0.717) is 23.5 Å². The van der Waals surface area contributed by atoms with Crippen molar-refractivity contribution >= 4 is 23.0 Å². The first kappa shape index (κ1) is 18.6. The Kier molecular flexibility index (Phi) is 4.83. The number of imidazole rings is 1. The SMILES string of the molecule is CC(=O)OC[C@@H]1CC[C@H](n2cnc3c(NCc4ccc5c(c4)OCO5)ncnc32)O1. The van der Waals surface area contributed by atoms with Crippen molar-refractivity contribution in [2.75, 3.05) is 18.7 Å². The van der Waals surface area contributed by atoms with Crippen LogP contribution in [0.3, 0.4) is 0 Å². The fraction of sp³-hybridized carbons (Fsp3) is 0.400. The third kappa shape index (κ3) is 3.61. The Morgan fingerprint density at radius 1 is 1.23 bits per heavy atom. The Bertz CT molecular complexity index is 1080. The summed E-state index contributed by atoms with van der Waals surface area (Å²) in [5.41, 5.74) is 2.40. The summed E-state index contributed by atoms with van der Waals surface area (Å²) in [4.78, 5) is 24.3. The van der Waals surface area contributed by atoms with Gasteiger partial charge in [0.25, 0.3) is 0 Å². The smallest absolute Gasteiger partial charge is 0.302 e. The van der Waals surface area contributed by atoms with E-state index >= 15 is 0 Å². The second kappa shape index (κ2) is 7.79. The van der Waals surface area contributed by atoms with E-state index in [1.165, 1.54) is 13.3 Å². The van der Waals surface area contributed by atoms with Crippen molar-refractivity contribution in [2.24, 2.45) is 0 Å². The number of benzene rings is 1. The zero-order chi connectivity index (χ0) is 20.5. The van der Waals surface area contributed by atoms with E-state index in [1.54, 1.807) is 6.33 Å². The molecule has 1 saturated heterocycles. The van der Waals surface area contributed by atoms with Crippen LogP contribution < -0.4 is 14.8 Å². The standard InChI is InChI=1S/C20H21N5O5/c1-12(26)27-8-14-3-5-17(30-14)25-10-24-18-19(22-9-23-20(18)25)21-7-13-2-4-15-16(6-13)29-11-28-15/h2,4,6,9-10,14,17H,3,5,7-8,11H2,1H3,(H,21,22,23)/t14-,17+/m0/s1. The first-order chi connectivity index (χ1) is 14.7. The predicted molar refractivity (Wildman–Crippen MR) is 105 cm³/mol. The number of ether oxygens (including phenoxy) is 4. The van der Waals surface area contributed by atoms with Crippen LogP contribution in [0.1, 0.15) is 31.6 Å². The van der Waals surface area contributed by atoms with Crippen LogP contribution in [-0.2, 0) is 20.8 Å². The van der Waals surface area contributed by atoms with Crippen LogP contribution >= 0.6 is 0 Å². The quantitative estimate of drug-likeness (QED) is 0.611. The van der Waals surface area contributed by atoms with Crippen molar-refractivity contribution in [3.8, 4) is 11.5 Å². The molecule has 2 atom stereocenters. The molecule has 0 bridgehead atoms. The zero-order valence-corrected chi connectivity index (χ0v) is 16.4. The minimum absolute atomic E-state index is 0.123. The molecule has 2 aliphatic heterocycles. The van der Waals surface area contributed by atoms with Gasteiger partial charge in [0.2, 0.25) is 6.79 Å². The molecule has 5 rings (SSSR count). The molecule has 3 aromatic rings. The molecule has 0 saturated carbocycles. The van der Waals surface area contributed by atoms with E-state index in [2.05, 4.69) is 20.3 Å². The van der Waals surface area contributed by atoms with Gasteiger partial charge in [0.05, 0.1) is 12.4 Å². The average Bonchev–Trinajstić information content (AvgIpc) is 3.49. The van der Waals surface area contributed by atoms with Crippen molar-refractivity contribution in [2.45, 2.75) is 38.6 Å². The molecule has 1 aromatic carbocycles. The lowest BCUT2D eigenvalue weighted by atomic mass is 10.2. The number of carbonyl (C=O) groups is 1. The van der Waals surface area contributed by atoms with Crippen molar-refractivity contribution in [1.82, 2.24) is 19.5 Å². The molecule has 2 aromatic heterocycles. The summed E-state index contributed by atoms with van der Waals surface area (Å²) >= 11 is 0. The fourth-order valence-electron chi connectivity index (χ4n) is 3.65. The summed E-state index contributed by atoms with van der Waals surface area (Å²) in [5, 5.41) is 3.32. The Morgan fingerprint density at radius 2 is 2.13 bits per heavy atom. The Labute approximate surface area is 172 Å². The number of hydrogen-bond acceptors (Lipinski definition) is 9. The van der Waals surface area contributed by atoms with Crippen molar-refractivity contribution in [3.05, 3.63) is 36.4 Å². The van der Waals surface area contributed by atoms with E-state index < -0.39 is 0 Å². The fourth-order valence-corrected chi connectivity index (χ4v) is 3.65. The highest BCUT2D eigenvalue weighted by Crippen LogP contribution is 2.33. The molecule has 4 heterocycles. The Balaban J connectivity index is 1.30. The maximum atomic E-state index is 11.0. The molecular weight excluding hydrogens is 390 g/mol. The van der Waals surface area contributed by atoms with Crippen molar-refractivity contribution < 1.29 is 23.7 Å². The zero-order valence-electron chi connectivity index (χ0n) is 16.4. The molecule has 0 spiro atoms. The van der Waals surface area contributed by atoms with E-state index in [4.69, 9.17) is 18.9 Å². The van der Waals surface area contributed by atoms with Crippen molar-refractivity contribution in [1.29, 1.82) is 0 Å². The van der Waals surface area contributed by atoms with Gasteiger partial charge in [-0.05, 0) is 30.5 Å². The normalized spacial score (nSPS) is 19.9. The number of anilines is 1. The van der Waals surface area contributed by atoms with Gasteiger partial charge >= 0.3 is 5.97 Å². The number of hydrogen-bond donors (Lipinski definition) is 1. The lowest BCUT2D eigenvalue weighted by Gasteiger charge is -2.15. The Morgan fingerprint density at radius 3 is 3.03 bits per heavy atom. The molecule has 10 heteroatoms. The minimum atomic E-state index is -0.305. The molecule has 0 amide bonds. The van der Waals surface area contributed by atoms with E-state index in [9.17, 15) is 4.79 Å². The van der Waals surface area contributed by atoms with Gasteiger partial charge in [-0.2, -0.15) is 0 Å². The van der Waals surface area contributed by atoms with Crippen LogP contribution in [0.25, 0.3) is 11.2 Å². The Hall–Kier alpha value is -3.40. The maximum Gasteiger partial charge on any atom is 0.302 e. The van der Waals surface area contributed by atoms with Crippen LogP contribution in [0.15, 0.2) is 30.9 Å². The molecule has 10 nitrogen and oxygen atoms in total. The van der Waals surface area contributed by atoms with Gasteiger partial charge in [0.15, 0.2) is 28.5 Å². The van der Waals surface area contributed by atoms with Gasteiger partial charge in [0.1, 0.15) is 19.2 Å². The van der Waals surface area contributed by atoms with Gasteiger partial charge in [-0.3, -0.25) is 9.36 Å². The molecule has 0 aliphatic carbocycles. The topological polar surface area (TPSA) is 110 Å². The summed E-state index contributed by atoms with van der Waals surface area (Å²) in [7, 11) is 0. The first-order valence-corrected chi connectivity index (χ1v) is 9.76. The van der Waals surface area contributed by atoms with Gasteiger partial charge in [0, 0.05) is 13.5 Å². The van der Waals surface area contributed by atoms with Crippen LogP contribution in [0.5, 0.6) is 11.5 Å². The van der Waals surface area contributed by atoms with Crippen LogP contribution in [0.4, 0.5) is 5.82 Å². The van der Waals surface area contributed by atoms with Gasteiger partial charge in [-0.15, -0.1) is 0 Å². The molecule has 0 unspecified atom stereocenters. The largest absolute Gasteiger partial charge is 0.463 e. The monoisotopic (exact) mass is 411 g/mol. The highest BCUT2D eigenvalue weighted by atomic mass is 16.7. The number of aromatic nitrogens is 4. The third-order valence-corrected chi connectivity index (χ3v) is 5.12. The molecular formula is C20H21N5O5. The predicted octanol–water partition coefficient (Wildman–Crippen LogP) is 2.41. The van der Waals surface area contributed by atoms with Gasteiger partial charge in [-0.25, -0.2) is 15.0 Å². The molecule has 30 heavy (non-hydrogen) atoms. The maximum absolute atomic E-state index is 11.0. The van der Waals surface area contributed by atoms with Crippen LogP contribution in [0, 0.1) is 0 Å². The molecule has 2 aliphatic rings. The molecule has 156 valence electrons. The first-order valence-electron chi connectivity index (χ1n) is 9.76. The second-order valence-corrected chi connectivity index (χ2v) is 7.18. The second-order valence-electron chi connectivity index (χ2n) is 7.18. The number of esters is 1. The number of rotatable bonds is 6. The summed E-state index contributed by atoms with van der Waals surface area (Å²) < 4.78 is 23.7. The highest BCUT2D eigenvalue weighted by Gasteiger charge is 2.29. The lowest BCUT2D eigenvalue weighted by Crippen LogP contribution is -2.18. The number of fused-ring (bicyclic) bond motifs is 2. The van der Waals surface area contributed by atoms with E-state index in [-0.39, 0.29) is 31.7 Å².